The molecule has 0 aliphatic rings. The summed E-state index contributed by atoms with van der Waals surface area (Å²) in [5, 5.41) is 0. The summed E-state index contributed by atoms with van der Waals surface area (Å²) in [4.78, 5) is 12.2. The highest BCUT2D eigenvalue weighted by Crippen LogP contribution is 1.93. The second-order valence-electron chi connectivity index (χ2n) is 2.91. The van der Waals surface area contributed by atoms with E-state index in [0.29, 0.717) is 6.42 Å². The number of rotatable bonds is 3. The molecule has 11 heavy (non-hydrogen) atoms. The predicted molar refractivity (Wildman–Crippen MR) is 46.2 cm³/mol. The highest BCUT2D eigenvalue weighted by Gasteiger charge is 1.93. The first kappa shape index (κ1) is 10.2. The molecular weight excluding hydrogens is 138 g/mol. The lowest BCUT2D eigenvalue weighted by Crippen LogP contribution is -2.10. The van der Waals surface area contributed by atoms with Crippen LogP contribution in [0.15, 0.2) is 0 Å². The Kier molecular flexibility index (Phi) is 5.50. The van der Waals surface area contributed by atoms with Gasteiger partial charge >= 0.3 is 0 Å². The molecule has 0 rings (SSSR count). The van der Waals surface area contributed by atoms with Crippen LogP contribution in [0, 0.1) is 17.8 Å². The molecule has 2 nitrogen and oxygen atoms in total. The molecule has 62 valence electrons. The third kappa shape index (κ3) is 7.08. The Balaban J connectivity index is 3.47. The van der Waals surface area contributed by atoms with Crippen molar-refractivity contribution >= 4 is 6.29 Å². The molecule has 0 saturated heterocycles. The zero-order chi connectivity index (χ0) is 8.69. The summed E-state index contributed by atoms with van der Waals surface area (Å²) < 4.78 is 0. The number of carbonyl (C=O) groups is 1. The topological polar surface area (TPSA) is 20.3 Å². The Labute approximate surface area is 68.6 Å². The second kappa shape index (κ2) is 5.94. The van der Waals surface area contributed by atoms with Crippen LogP contribution >= 0.6 is 0 Å². The van der Waals surface area contributed by atoms with Crippen molar-refractivity contribution in [2.24, 2.45) is 5.92 Å². The first-order chi connectivity index (χ1) is 5.16. The van der Waals surface area contributed by atoms with Crippen molar-refractivity contribution in [3.8, 4) is 11.8 Å². The molecule has 0 aliphatic carbocycles. The van der Waals surface area contributed by atoms with Gasteiger partial charge in [-0.25, -0.2) is 0 Å². The monoisotopic (exact) mass is 153 g/mol. The van der Waals surface area contributed by atoms with E-state index in [9.17, 15) is 4.79 Å². The van der Waals surface area contributed by atoms with Gasteiger partial charge in [-0.05, 0) is 14.1 Å². The smallest absolute Gasteiger partial charge is 0.123 e. The summed E-state index contributed by atoms with van der Waals surface area (Å²) in [5.41, 5.74) is 0. The number of hydrogen-bond donors (Lipinski definition) is 0. The summed E-state index contributed by atoms with van der Waals surface area (Å²) >= 11 is 0. The van der Waals surface area contributed by atoms with E-state index < -0.39 is 0 Å². The average Bonchev–Trinajstić information content (AvgIpc) is 1.97. The van der Waals surface area contributed by atoms with Crippen LogP contribution in [0.2, 0.25) is 0 Å². The first-order valence-electron chi connectivity index (χ1n) is 3.72. The van der Waals surface area contributed by atoms with Crippen molar-refractivity contribution in [3.05, 3.63) is 0 Å². The van der Waals surface area contributed by atoms with E-state index in [2.05, 4.69) is 11.8 Å². The molecule has 0 amide bonds. The molecule has 0 saturated carbocycles. The van der Waals surface area contributed by atoms with Gasteiger partial charge in [0.2, 0.25) is 0 Å². The van der Waals surface area contributed by atoms with Gasteiger partial charge in [-0.2, -0.15) is 0 Å². The van der Waals surface area contributed by atoms with Crippen molar-refractivity contribution in [2.45, 2.75) is 13.3 Å². The maximum atomic E-state index is 10.2. The molecule has 0 aliphatic heterocycles. The molecule has 0 aromatic carbocycles. The van der Waals surface area contributed by atoms with Gasteiger partial charge in [0.1, 0.15) is 6.29 Å². The first-order valence-corrected chi connectivity index (χ1v) is 3.72. The van der Waals surface area contributed by atoms with Crippen LogP contribution in [-0.4, -0.2) is 31.8 Å². The Morgan fingerprint density at radius 3 is 2.55 bits per heavy atom. The molecule has 1 unspecified atom stereocenters. The Hall–Kier alpha value is -0.810. The minimum absolute atomic E-state index is 0.0738. The zero-order valence-corrected chi connectivity index (χ0v) is 7.42. The standard InChI is InChI=1S/C9H15NO/c1-9(8-11)6-4-5-7-10(2)3/h8-9H,6-7H2,1-3H3. The van der Waals surface area contributed by atoms with Crippen LogP contribution in [0.4, 0.5) is 0 Å². The molecule has 0 heterocycles. The van der Waals surface area contributed by atoms with Crippen molar-refractivity contribution < 1.29 is 4.79 Å². The summed E-state index contributed by atoms with van der Waals surface area (Å²) in [7, 11) is 3.94. The summed E-state index contributed by atoms with van der Waals surface area (Å²) in [6.45, 7) is 2.64. The lowest BCUT2D eigenvalue weighted by atomic mass is 10.1. The minimum Gasteiger partial charge on any atom is -0.303 e. The van der Waals surface area contributed by atoms with E-state index in [0.717, 1.165) is 12.8 Å². The van der Waals surface area contributed by atoms with Gasteiger partial charge in [-0.15, -0.1) is 5.92 Å². The van der Waals surface area contributed by atoms with Gasteiger partial charge in [0.05, 0.1) is 6.54 Å². The Bertz CT molecular complexity index is 164. The molecule has 0 aromatic rings. The summed E-state index contributed by atoms with van der Waals surface area (Å²) in [6, 6.07) is 0. The molecule has 0 spiro atoms. The maximum Gasteiger partial charge on any atom is 0.123 e. The highest BCUT2D eigenvalue weighted by molar-refractivity contribution is 5.53. The highest BCUT2D eigenvalue weighted by atomic mass is 16.1. The van der Waals surface area contributed by atoms with Crippen LogP contribution in [0.1, 0.15) is 13.3 Å². The molecule has 0 N–H and O–H groups in total. The Morgan fingerprint density at radius 1 is 1.45 bits per heavy atom. The average molecular weight is 153 g/mol. The summed E-state index contributed by atoms with van der Waals surface area (Å²) in [6.07, 6.45) is 1.61. The fourth-order valence-corrected chi connectivity index (χ4v) is 0.495. The van der Waals surface area contributed by atoms with E-state index in [1.165, 1.54) is 0 Å². The van der Waals surface area contributed by atoms with Gasteiger partial charge in [-0.3, -0.25) is 4.90 Å². The summed E-state index contributed by atoms with van der Waals surface area (Å²) in [5.74, 6) is 5.99. The number of aldehydes is 1. The molecule has 1 atom stereocenters. The van der Waals surface area contributed by atoms with Crippen LogP contribution in [0.3, 0.4) is 0 Å². The lowest BCUT2D eigenvalue weighted by Gasteiger charge is -2.01. The van der Waals surface area contributed by atoms with Gasteiger partial charge in [0.25, 0.3) is 0 Å². The second-order valence-corrected chi connectivity index (χ2v) is 2.91. The van der Waals surface area contributed by atoms with E-state index in [4.69, 9.17) is 0 Å². The molecule has 0 radical (unpaired) electrons. The molecule has 0 fully saturated rings. The van der Waals surface area contributed by atoms with Crippen molar-refractivity contribution in [2.75, 3.05) is 20.6 Å². The molecule has 2 heteroatoms. The maximum absolute atomic E-state index is 10.2. The van der Waals surface area contributed by atoms with Crippen molar-refractivity contribution in [1.29, 1.82) is 0 Å². The zero-order valence-electron chi connectivity index (χ0n) is 7.42. The van der Waals surface area contributed by atoms with E-state index >= 15 is 0 Å². The predicted octanol–water partition coefficient (Wildman–Crippen LogP) is 0.776. The third-order valence-electron chi connectivity index (χ3n) is 1.18. The van der Waals surface area contributed by atoms with Gasteiger partial charge in [-0.1, -0.05) is 12.8 Å². The largest absolute Gasteiger partial charge is 0.303 e. The van der Waals surface area contributed by atoms with Crippen LogP contribution in [-0.2, 0) is 4.79 Å². The number of carbonyl (C=O) groups excluding carboxylic acids is 1. The lowest BCUT2D eigenvalue weighted by molar-refractivity contribution is -0.110. The molecule has 0 bridgehead atoms. The quantitative estimate of drug-likeness (QED) is 0.441. The SMILES string of the molecule is CC(C=O)CC#CCN(C)C. The van der Waals surface area contributed by atoms with Crippen molar-refractivity contribution in [1.82, 2.24) is 4.90 Å². The fourth-order valence-electron chi connectivity index (χ4n) is 0.495. The van der Waals surface area contributed by atoms with Crippen LogP contribution in [0.5, 0.6) is 0 Å². The van der Waals surface area contributed by atoms with Crippen LogP contribution < -0.4 is 0 Å². The molecular formula is C9H15NO. The van der Waals surface area contributed by atoms with Gasteiger partial charge < -0.3 is 4.79 Å². The van der Waals surface area contributed by atoms with E-state index in [1.54, 1.807) is 0 Å². The van der Waals surface area contributed by atoms with Crippen LogP contribution in [0.25, 0.3) is 0 Å². The van der Waals surface area contributed by atoms with E-state index in [1.807, 2.05) is 25.9 Å². The third-order valence-corrected chi connectivity index (χ3v) is 1.18. The van der Waals surface area contributed by atoms with Crippen molar-refractivity contribution in [3.63, 3.8) is 0 Å². The fraction of sp³-hybridized carbons (Fsp3) is 0.667. The minimum atomic E-state index is 0.0738. The normalized spacial score (nSPS) is 12.0. The number of nitrogens with zero attached hydrogens (tertiary/aromatic N) is 1. The molecule has 0 aromatic heterocycles. The van der Waals surface area contributed by atoms with E-state index in [-0.39, 0.29) is 5.92 Å². The number of hydrogen-bond acceptors (Lipinski definition) is 2. The van der Waals surface area contributed by atoms with Gasteiger partial charge in [0, 0.05) is 12.3 Å². The Morgan fingerprint density at radius 2 is 2.09 bits per heavy atom. The van der Waals surface area contributed by atoms with Gasteiger partial charge in [0.15, 0.2) is 0 Å².